The lowest BCUT2D eigenvalue weighted by atomic mass is 10.0. The minimum absolute atomic E-state index is 0.0781. The number of aromatic nitrogens is 2. The van der Waals surface area contributed by atoms with E-state index < -0.39 is 0 Å². The van der Waals surface area contributed by atoms with Crippen LogP contribution in [0.25, 0.3) is 0 Å². The fourth-order valence-electron chi connectivity index (χ4n) is 2.13. The van der Waals surface area contributed by atoms with Gasteiger partial charge in [0.2, 0.25) is 5.89 Å². The fraction of sp³-hybridized carbons (Fsp3) is 0.833. The van der Waals surface area contributed by atoms with Crippen LogP contribution in [-0.2, 0) is 12.2 Å². The van der Waals surface area contributed by atoms with Gasteiger partial charge in [-0.15, -0.1) is 0 Å². The van der Waals surface area contributed by atoms with Crippen LogP contribution in [0.4, 0.5) is 0 Å². The second-order valence-electron chi connectivity index (χ2n) is 4.86. The predicted octanol–water partition coefficient (Wildman–Crippen LogP) is 2.53. The summed E-state index contributed by atoms with van der Waals surface area (Å²) in [6, 6.07) is 0.0781. The first-order chi connectivity index (χ1) is 8.24. The van der Waals surface area contributed by atoms with Crippen molar-refractivity contribution < 1.29 is 4.52 Å². The molecule has 96 valence electrons. The van der Waals surface area contributed by atoms with Gasteiger partial charge in [0, 0.05) is 17.7 Å². The van der Waals surface area contributed by atoms with Crippen LogP contribution < -0.4 is 5.73 Å². The maximum atomic E-state index is 5.69. The summed E-state index contributed by atoms with van der Waals surface area (Å²) in [5.41, 5.74) is 5.69. The van der Waals surface area contributed by atoms with Crippen molar-refractivity contribution in [3.63, 3.8) is 0 Å². The third kappa shape index (κ3) is 4.32. The van der Waals surface area contributed by atoms with Gasteiger partial charge in [0.15, 0.2) is 5.82 Å². The van der Waals surface area contributed by atoms with Crippen molar-refractivity contribution in [2.45, 2.75) is 62.5 Å². The molecule has 1 atom stereocenters. The molecule has 1 aromatic rings. The summed E-state index contributed by atoms with van der Waals surface area (Å²) < 4.78 is 5.16. The van der Waals surface area contributed by atoms with Crippen molar-refractivity contribution in [2.24, 2.45) is 5.73 Å². The molecular formula is C12H21N3OS. The summed E-state index contributed by atoms with van der Waals surface area (Å²) in [6.07, 6.45) is 7.50. The molecule has 1 unspecified atom stereocenters. The fourth-order valence-corrected chi connectivity index (χ4v) is 3.30. The largest absolute Gasteiger partial charge is 0.339 e. The highest BCUT2D eigenvalue weighted by Crippen LogP contribution is 2.29. The molecule has 1 aliphatic carbocycles. The van der Waals surface area contributed by atoms with Crippen LogP contribution >= 0.6 is 11.8 Å². The Balaban J connectivity index is 1.76. The number of hydrogen-bond donors (Lipinski definition) is 1. The summed E-state index contributed by atoms with van der Waals surface area (Å²) in [4.78, 5) is 4.36. The van der Waals surface area contributed by atoms with Crippen LogP contribution in [0.2, 0.25) is 0 Å². The molecule has 2 N–H and O–H groups in total. The number of nitrogens with zero attached hydrogens (tertiary/aromatic N) is 2. The summed E-state index contributed by atoms with van der Waals surface area (Å²) in [5.74, 6) is 2.35. The standard InChI is InChI=1S/C12H21N3OS/c1-9(13)7-12-14-11(15-16-12)8-17-10-5-3-2-4-6-10/h9-10H,2-8,13H2,1H3. The Morgan fingerprint density at radius 3 is 2.88 bits per heavy atom. The van der Waals surface area contributed by atoms with E-state index in [2.05, 4.69) is 10.1 Å². The van der Waals surface area contributed by atoms with Gasteiger partial charge in [-0.2, -0.15) is 16.7 Å². The van der Waals surface area contributed by atoms with Gasteiger partial charge >= 0.3 is 0 Å². The molecule has 1 aliphatic rings. The first-order valence-corrected chi connectivity index (χ1v) is 7.47. The van der Waals surface area contributed by atoms with Gasteiger partial charge in [0.25, 0.3) is 0 Å². The number of hydrogen-bond acceptors (Lipinski definition) is 5. The zero-order valence-corrected chi connectivity index (χ0v) is 11.2. The lowest BCUT2D eigenvalue weighted by molar-refractivity contribution is 0.368. The van der Waals surface area contributed by atoms with Crippen LogP contribution in [0.3, 0.4) is 0 Å². The van der Waals surface area contributed by atoms with Crippen LogP contribution in [0, 0.1) is 0 Å². The van der Waals surface area contributed by atoms with Crippen LogP contribution in [-0.4, -0.2) is 21.4 Å². The summed E-state index contributed by atoms with van der Waals surface area (Å²) in [7, 11) is 0. The Bertz CT molecular complexity index is 334. The van der Waals surface area contributed by atoms with Gasteiger partial charge < -0.3 is 10.3 Å². The average Bonchev–Trinajstić information content (AvgIpc) is 2.75. The van der Waals surface area contributed by atoms with Crippen molar-refractivity contribution in [3.8, 4) is 0 Å². The van der Waals surface area contributed by atoms with Crippen molar-refractivity contribution in [3.05, 3.63) is 11.7 Å². The van der Waals surface area contributed by atoms with Crippen LogP contribution in [0.15, 0.2) is 4.52 Å². The highest BCUT2D eigenvalue weighted by Gasteiger charge is 2.15. The molecule has 0 bridgehead atoms. The lowest BCUT2D eigenvalue weighted by Crippen LogP contribution is -2.17. The first-order valence-electron chi connectivity index (χ1n) is 6.42. The van der Waals surface area contributed by atoms with Crippen molar-refractivity contribution in [1.82, 2.24) is 10.1 Å². The van der Waals surface area contributed by atoms with E-state index in [1.54, 1.807) is 0 Å². The highest BCUT2D eigenvalue weighted by molar-refractivity contribution is 7.99. The lowest BCUT2D eigenvalue weighted by Gasteiger charge is -2.19. The molecule has 4 nitrogen and oxygen atoms in total. The predicted molar refractivity (Wildman–Crippen MR) is 69.8 cm³/mol. The van der Waals surface area contributed by atoms with E-state index in [4.69, 9.17) is 10.3 Å². The Morgan fingerprint density at radius 1 is 1.41 bits per heavy atom. The topological polar surface area (TPSA) is 64.9 Å². The minimum Gasteiger partial charge on any atom is -0.339 e. The van der Waals surface area contributed by atoms with Gasteiger partial charge in [0.1, 0.15) is 0 Å². The maximum Gasteiger partial charge on any atom is 0.228 e. The van der Waals surface area contributed by atoms with E-state index in [0.29, 0.717) is 12.3 Å². The third-order valence-electron chi connectivity index (χ3n) is 3.01. The van der Waals surface area contributed by atoms with Gasteiger partial charge in [-0.05, 0) is 19.8 Å². The monoisotopic (exact) mass is 255 g/mol. The van der Waals surface area contributed by atoms with E-state index in [1.165, 1.54) is 32.1 Å². The Morgan fingerprint density at radius 2 is 2.18 bits per heavy atom. The van der Waals surface area contributed by atoms with Crippen LogP contribution in [0.1, 0.15) is 50.7 Å². The molecule has 0 spiro atoms. The molecule has 0 radical (unpaired) electrons. The van der Waals surface area contributed by atoms with Crippen LogP contribution in [0.5, 0.6) is 0 Å². The maximum absolute atomic E-state index is 5.69. The van der Waals surface area contributed by atoms with Crippen molar-refractivity contribution in [2.75, 3.05) is 0 Å². The zero-order valence-electron chi connectivity index (χ0n) is 10.4. The average molecular weight is 255 g/mol. The molecule has 1 fully saturated rings. The molecule has 0 amide bonds. The second kappa shape index (κ2) is 6.40. The number of nitrogens with two attached hydrogens (primary N) is 1. The van der Waals surface area contributed by atoms with Gasteiger partial charge in [0.05, 0.1) is 5.75 Å². The molecule has 0 aliphatic heterocycles. The van der Waals surface area contributed by atoms with Gasteiger partial charge in [-0.1, -0.05) is 24.4 Å². The Labute approximate surface area is 107 Å². The molecule has 5 heteroatoms. The third-order valence-corrected chi connectivity index (χ3v) is 4.37. The summed E-state index contributed by atoms with van der Waals surface area (Å²) in [5, 5.41) is 4.78. The summed E-state index contributed by atoms with van der Waals surface area (Å²) >= 11 is 1.97. The minimum atomic E-state index is 0.0781. The number of rotatable bonds is 5. The molecular weight excluding hydrogens is 234 g/mol. The van der Waals surface area contributed by atoms with Gasteiger partial charge in [-0.25, -0.2) is 0 Å². The molecule has 1 saturated carbocycles. The molecule has 1 aromatic heterocycles. The quantitative estimate of drug-likeness (QED) is 0.875. The highest BCUT2D eigenvalue weighted by atomic mass is 32.2. The van der Waals surface area contributed by atoms with E-state index in [0.717, 1.165) is 16.8 Å². The Hall–Kier alpha value is -0.550. The molecule has 0 saturated heterocycles. The van der Waals surface area contributed by atoms with E-state index in [9.17, 15) is 0 Å². The van der Waals surface area contributed by atoms with E-state index in [-0.39, 0.29) is 6.04 Å². The van der Waals surface area contributed by atoms with Crippen molar-refractivity contribution in [1.29, 1.82) is 0 Å². The first kappa shape index (κ1) is 12.9. The molecule has 1 heterocycles. The zero-order chi connectivity index (χ0) is 12.1. The Kier molecular flexibility index (Phi) is 4.86. The normalized spacial score (nSPS) is 19.4. The van der Waals surface area contributed by atoms with E-state index in [1.807, 2.05) is 18.7 Å². The second-order valence-corrected chi connectivity index (χ2v) is 6.15. The molecule has 2 rings (SSSR count). The number of thioether (sulfide) groups is 1. The molecule has 0 aromatic carbocycles. The van der Waals surface area contributed by atoms with E-state index >= 15 is 0 Å². The summed E-state index contributed by atoms with van der Waals surface area (Å²) in [6.45, 7) is 1.95. The van der Waals surface area contributed by atoms with Gasteiger partial charge in [-0.3, -0.25) is 0 Å². The van der Waals surface area contributed by atoms with Crippen molar-refractivity contribution >= 4 is 11.8 Å². The smallest absolute Gasteiger partial charge is 0.228 e. The SMILES string of the molecule is CC(N)Cc1nc(CSC2CCCCC2)no1. The molecule has 17 heavy (non-hydrogen) atoms.